The van der Waals surface area contributed by atoms with Crippen molar-refractivity contribution in [2.45, 2.75) is 26.3 Å². The average Bonchev–Trinajstić information content (AvgIpc) is 2.44. The molecule has 0 aliphatic heterocycles. The smallest absolute Gasteiger partial charge is 0.128 e. The third-order valence-electron chi connectivity index (χ3n) is 3.37. The fourth-order valence-electron chi connectivity index (χ4n) is 2.32. The summed E-state index contributed by atoms with van der Waals surface area (Å²) in [7, 11) is 0. The predicted octanol–water partition coefficient (Wildman–Crippen LogP) is 4.36. The molecular weight excluding hydrogens is 256 g/mol. The van der Waals surface area contributed by atoms with Crippen LogP contribution in [0.3, 0.4) is 0 Å². The lowest BCUT2D eigenvalue weighted by Crippen LogP contribution is -2.25. The van der Waals surface area contributed by atoms with Gasteiger partial charge in [0.1, 0.15) is 11.6 Å². The topological polar surface area (TPSA) is 12.0 Å². The number of aryl methyl sites for hydroxylation is 1. The first-order valence-corrected chi connectivity index (χ1v) is 6.87. The first-order chi connectivity index (χ1) is 9.63. The number of benzene rings is 2. The zero-order chi connectivity index (χ0) is 14.5. The van der Waals surface area contributed by atoms with Gasteiger partial charge in [-0.3, -0.25) is 0 Å². The molecule has 0 saturated heterocycles. The van der Waals surface area contributed by atoms with E-state index in [4.69, 9.17) is 0 Å². The van der Waals surface area contributed by atoms with E-state index >= 15 is 0 Å². The van der Waals surface area contributed by atoms with Gasteiger partial charge in [-0.1, -0.05) is 31.2 Å². The number of hydrogen-bond donors (Lipinski definition) is 1. The molecule has 1 N–H and O–H groups in total. The summed E-state index contributed by atoms with van der Waals surface area (Å²) in [4.78, 5) is 0. The van der Waals surface area contributed by atoms with Gasteiger partial charge < -0.3 is 5.32 Å². The molecule has 0 saturated carbocycles. The van der Waals surface area contributed by atoms with Crippen molar-refractivity contribution in [2.24, 2.45) is 0 Å². The lowest BCUT2D eigenvalue weighted by atomic mass is 9.94. The van der Waals surface area contributed by atoms with E-state index in [9.17, 15) is 8.78 Å². The van der Waals surface area contributed by atoms with Crippen LogP contribution in [0.1, 0.15) is 36.1 Å². The molecule has 106 valence electrons. The van der Waals surface area contributed by atoms with Crippen LogP contribution >= 0.6 is 0 Å². The Morgan fingerprint density at radius 2 is 1.80 bits per heavy atom. The second-order valence-corrected chi connectivity index (χ2v) is 4.91. The van der Waals surface area contributed by atoms with Crippen LogP contribution in [0.4, 0.5) is 8.78 Å². The third kappa shape index (κ3) is 3.23. The summed E-state index contributed by atoms with van der Waals surface area (Å²) in [5.74, 6) is -0.804. The van der Waals surface area contributed by atoms with E-state index in [2.05, 4.69) is 5.32 Å². The highest BCUT2D eigenvalue weighted by Crippen LogP contribution is 2.27. The maximum Gasteiger partial charge on any atom is 0.128 e. The van der Waals surface area contributed by atoms with Crippen LogP contribution in [0.25, 0.3) is 0 Å². The zero-order valence-electron chi connectivity index (χ0n) is 11.8. The van der Waals surface area contributed by atoms with E-state index in [1.807, 2.05) is 38.1 Å². The lowest BCUT2D eigenvalue weighted by molar-refractivity contribution is 0.534. The van der Waals surface area contributed by atoms with Crippen molar-refractivity contribution in [3.05, 3.63) is 70.8 Å². The normalized spacial score (nSPS) is 12.4. The zero-order valence-corrected chi connectivity index (χ0v) is 11.8. The molecule has 0 fully saturated rings. The molecule has 0 heterocycles. The minimum absolute atomic E-state index is 0.327. The quantitative estimate of drug-likeness (QED) is 0.854. The van der Waals surface area contributed by atoms with Gasteiger partial charge in [-0.05, 0) is 49.2 Å². The Kier molecular flexibility index (Phi) is 4.85. The SMILES string of the molecule is CCCNC(c1ccccc1C)c1cc(F)ccc1F. The van der Waals surface area contributed by atoms with Crippen molar-refractivity contribution < 1.29 is 8.78 Å². The highest BCUT2D eigenvalue weighted by molar-refractivity contribution is 5.37. The maximum atomic E-state index is 14.1. The van der Waals surface area contributed by atoms with E-state index < -0.39 is 5.82 Å². The summed E-state index contributed by atoms with van der Waals surface area (Å²) < 4.78 is 27.5. The monoisotopic (exact) mass is 275 g/mol. The van der Waals surface area contributed by atoms with Gasteiger partial charge in [0, 0.05) is 5.56 Å². The van der Waals surface area contributed by atoms with Crippen LogP contribution in [-0.2, 0) is 0 Å². The van der Waals surface area contributed by atoms with Crippen molar-refractivity contribution in [3.63, 3.8) is 0 Å². The number of halogens is 2. The molecule has 0 aromatic heterocycles. The van der Waals surface area contributed by atoms with Crippen molar-refractivity contribution in [1.29, 1.82) is 0 Å². The molecule has 0 aliphatic carbocycles. The van der Waals surface area contributed by atoms with Gasteiger partial charge in [0.2, 0.25) is 0 Å². The molecule has 0 spiro atoms. The lowest BCUT2D eigenvalue weighted by Gasteiger charge is -2.22. The largest absolute Gasteiger partial charge is 0.306 e. The first-order valence-electron chi connectivity index (χ1n) is 6.87. The van der Waals surface area contributed by atoms with Crippen LogP contribution < -0.4 is 5.32 Å². The molecule has 1 nitrogen and oxygen atoms in total. The molecule has 0 radical (unpaired) electrons. The number of hydrogen-bond acceptors (Lipinski definition) is 1. The third-order valence-corrected chi connectivity index (χ3v) is 3.37. The molecular formula is C17H19F2N. The molecule has 1 atom stereocenters. The van der Waals surface area contributed by atoms with Gasteiger partial charge in [0.25, 0.3) is 0 Å². The van der Waals surface area contributed by atoms with Gasteiger partial charge in [0.05, 0.1) is 6.04 Å². The molecule has 0 amide bonds. The van der Waals surface area contributed by atoms with E-state index in [0.717, 1.165) is 30.2 Å². The Labute approximate surface area is 118 Å². The van der Waals surface area contributed by atoms with Crippen LogP contribution in [0.2, 0.25) is 0 Å². The van der Waals surface area contributed by atoms with E-state index in [-0.39, 0.29) is 11.9 Å². The number of rotatable bonds is 5. The Morgan fingerprint density at radius 1 is 1.05 bits per heavy atom. The minimum Gasteiger partial charge on any atom is -0.306 e. The van der Waals surface area contributed by atoms with Gasteiger partial charge in [-0.25, -0.2) is 8.78 Å². The van der Waals surface area contributed by atoms with E-state index in [1.165, 1.54) is 12.1 Å². The summed E-state index contributed by atoms with van der Waals surface area (Å²) in [6, 6.07) is 11.1. The second-order valence-electron chi connectivity index (χ2n) is 4.91. The summed E-state index contributed by atoms with van der Waals surface area (Å²) in [5.41, 5.74) is 2.39. The molecule has 2 aromatic rings. The molecule has 0 aliphatic rings. The van der Waals surface area contributed by atoms with Crippen molar-refractivity contribution in [1.82, 2.24) is 5.32 Å². The fourth-order valence-corrected chi connectivity index (χ4v) is 2.32. The highest BCUT2D eigenvalue weighted by atomic mass is 19.1. The number of nitrogens with one attached hydrogen (secondary N) is 1. The second kappa shape index (κ2) is 6.62. The highest BCUT2D eigenvalue weighted by Gasteiger charge is 2.19. The van der Waals surface area contributed by atoms with Crippen LogP contribution in [-0.4, -0.2) is 6.54 Å². The van der Waals surface area contributed by atoms with Crippen LogP contribution in [0, 0.1) is 18.6 Å². The Hall–Kier alpha value is -1.74. The fraction of sp³-hybridized carbons (Fsp3) is 0.294. The molecule has 1 unspecified atom stereocenters. The average molecular weight is 275 g/mol. The summed E-state index contributed by atoms with van der Waals surface area (Å²) >= 11 is 0. The summed E-state index contributed by atoms with van der Waals surface area (Å²) in [5, 5.41) is 3.30. The predicted molar refractivity (Wildman–Crippen MR) is 77.7 cm³/mol. The Morgan fingerprint density at radius 3 is 2.50 bits per heavy atom. The molecule has 2 aromatic carbocycles. The van der Waals surface area contributed by atoms with Gasteiger partial charge in [-0.2, -0.15) is 0 Å². The Bertz CT molecular complexity index is 581. The standard InChI is InChI=1S/C17H19F2N/c1-3-10-20-17(14-7-5-4-6-12(14)2)15-11-13(18)8-9-16(15)19/h4-9,11,17,20H,3,10H2,1-2H3. The Balaban J connectivity index is 2.47. The molecule has 2 rings (SSSR count). The minimum atomic E-state index is -0.418. The van der Waals surface area contributed by atoms with Crippen molar-refractivity contribution in [2.75, 3.05) is 6.54 Å². The van der Waals surface area contributed by atoms with E-state index in [1.54, 1.807) is 0 Å². The molecule has 3 heteroatoms. The van der Waals surface area contributed by atoms with E-state index in [0.29, 0.717) is 5.56 Å². The summed E-state index contributed by atoms with van der Waals surface area (Å²) in [6.45, 7) is 4.77. The molecule has 20 heavy (non-hydrogen) atoms. The van der Waals surface area contributed by atoms with Gasteiger partial charge in [0.15, 0.2) is 0 Å². The van der Waals surface area contributed by atoms with Crippen molar-refractivity contribution >= 4 is 0 Å². The van der Waals surface area contributed by atoms with Gasteiger partial charge in [-0.15, -0.1) is 0 Å². The first kappa shape index (κ1) is 14.7. The van der Waals surface area contributed by atoms with Gasteiger partial charge >= 0.3 is 0 Å². The van der Waals surface area contributed by atoms with Crippen molar-refractivity contribution in [3.8, 4) is 0 Å². The van der Waals surface area contributed by atoms with Crippen LogP contribution in [0.15, 0.2) is 42.5 Å². The molecule has 0 bridgehead atoms. The summed E-state index contributed by atoms with van der Waals surface area (Å²) in [6.07, 6.45) is 0.930. The maximum absolute atomic E-state index is 14.1. The van der Waals surface area contributed by atoms with Crippen LogP contribution in [0.5, 0.6) is 0 Å².